The highest BCUT2D eigenvalue weighted by molar-refractivity contribution is 6.00. The lowest BCUT2D eigenvalue weighted by atomic mass is 9.74. The molecule has 2 N–H and O–H groups in total. The summed E-state index contributed by atoms with van der Waals surface area (Å²) in [6, 6.07) is 10.7. The Balaban J connectivity index is 1.45. The zero-order valence-electron chi connectivity index (χ0n) is 19.9. The number of aromatic nitrogens is 4. The smallest absolute Gasteiger partial charge is 0.349 e. The summed E-state index contributed by atoms with van der Waals surface area (Å²) in [6.45, 7) is 3.92. The van der Waals surface area contributed by atoms with E-state index in [0.29, 0.717) is 35.1 Å². The second-order valence-electron chi connectivity index (χ2n) is 9.57. The molecule has 0 spiro atoms. The van der Waals surface area contributed by atoms with Crippen molar-refractivity contribution >= 4 is 16.9 Å². The molecule has 1 unspecified atom stereocenters. The van der Waals surface area contributed by atoms with Crippen LogP contribution in [0.3, 0.4) is 0 Å². The van der Waals surface area contributed by atoms with Crippen LogP contribution >= 0.6 is 0 Å². The van der Waals surface area contributed by atoms with E-state index in [1.165, 1.54) is 18.3 Å². The number of carbonyl (C=O) groups is 1. The van der Waals surface area contributed by atoms with Crippen molar-refractivity contribution < 1.29 is 18.0 Å². The van der Waals surface area contributed by atoms with E-state index in [4.69, 9.17) is 0 Å². The normalized spacial score (nSPS) is 20.4. The highest BCUT2D eigenvalue weighted by Crippen LogP contribution is 2.42. The molecule has 1 fully saturated rings. The molecular weight excluding hydrogens is 467 g/mol. The van der Waals surface area contributed by atoms with E-state index in [-0.39, 0.29) is 17.4 Å². The lowest BCUT2D eigenvalue weighted by molar-refractivity contribution is -0.138. The van der Waals surface area contributed by atoms with Gasteiger partial charge in [0.2, 0.25) is 0 Å². The van der Waals surface area contributed by atoms with Gasteiger partial charge in [0.15, 0.2) is 5.65 Å². The number of hydrogen-bond donors (Lipinski definition) is 2. The number of pyridine rings is 2. The largest absolute Gasteiger partial charge is 0.416 e. The number of carbonyl (C=O) groups excluding carboxylic acids is 1. The third-order valence-electron chi connectivity index (χ3n) is 6.94. The van der Waals surface area contributed by atoms with Gasteiger partial charge < -0.3 is 5.32 Å². The molecule has 186 valence electrons. The summed E-state index contributed by atoms with van der Waals surface area (Å²) in [6.07, 6.45) is 0.707. The monoisotopic (exact) mass is 493 g/mol. The van der Waals surface area contributed by atoms with Crippen molar-refractivity contribution in [3.05, 3.63) is 77.2 Å². The minimum atomic E-state index is -4.45. The van der Waals surface area contributed by atoms with Gasteiger partial charge in [-0.3, -0.25) is 14.9 Å². The average Bonchev–Trinajstić information content (AvgIpc) is 3.28. The first-order valence-corrected chi connectivity index (χ1v) is 11.9. The van der Waals surface area contributed by atoms with Crippen LogP contribution in [0.1, 0.15) is 59.3 Å². The first-order chi connectivity index (χ1) is 17.2. The Labute approximate surface area is 206 Å². The van der Waals surface area contributed by atoms with Gasteiger partial charge in [0.25, 0.3) is 5.91 Å². The predicted octanol–water partition coefficient (Wildman–Crippen LogP) is 6.05. The van der Waals surface area contributed by atoms with E-state index < -0.39 is 23.7 Å². The lowest BCUT2D eigenvalue weighted by Crippen LogP contribution is -2.43. The van der Waals surface area contributed by atoms with Crippen molar-refractivity contribution in [2.24, 2.45) is 5.92 Å². The Hall–Kier alpha value is -3.75. The molecule has 0 radical (unpaired) electrons. The SMILES string of the molecule is Cc1cc(-c2n[nH]c3ncc(C(=O)N[C@H]4CCC(C)C[C@@H]4c4ccccc4C(F)(F)F)cc23)ccn1. The number of benzene rings is 1. The zero-order valence-corrected chi connectivity index (χ0v) is 19.9. The number of aryl methyl sites for hydroxylation is 1. The third-order valence-corrected chi connectivity index (χ3v) is 6.94. The van der Waals surface area contributed by atoms with Gasteiger partial charge in [-0.25, -0.2) is 4.98 Å². The second-order valence-corrected chi connectivity index (χ2v) is 9.57. The highest BCUT2D eigenvalue weighted by Gasteiger charge is 2.39. The molecule has 1 aliphatic carbocycles. The minimum Gasteiger partial charge on any atom is -0.349 e. The van der Waals surface area contributed by atoms with E-state index in [2.05, 4.69) is 25.5 Å². The van der Waals surface area contributed by atoms with Crippen LogP contribution in [-0.4, -0.2) is 32.1 Å². The molecule has 3 aromatic heterocycles. The Morgan fingerprint density at radius 2 is 1.92 bits per heavy atom. The Morgan fingerprint density at radius 3 is 2.69 bits per heavy atom. The summed E-state index contributed by atoms with van der Waals surface area (Å²) in [7, 11) is 0. The summed E-state index contributed by atoms with van der Waals surface area (Å²) in [4.78, 5) is 21.9. The second kappa shape index (κ2) is 9.37. The molecule has 5 rings (SSSR count). The van der Waals surface area contributed by atoms with Crippen LogP contribution in [0, 0.1) is 12.8 Å². The number of fused-ring (bicyclic) bond motifs is 1. The summed E-state index contributed by atoms with van der Waals surface area (Å²) in [5.41, 5.74) is 2.81. The van der Waals surface area contributed by atoms with Crippen LogP contribution < -0.4 is 5.32 Å². The van der Waals surface area contributed by atoms with Crippen LogP contribution in [0.2, 0.25) is 0 Å². The maximum Gasteiger partial charge on any atom is 0.416 e. The summed E-state index contributed by atoms with van der Waals surface area (Å²) < 4.78 is 41.3. The number of rotatable bonds is 4. The number of alkyl halides is 3. The fraction of sp³-hybridized carbons (Fsp3) is 0.333. The van der Waals surface area contributed by atoms with Crippen molar-refractivity contribution in [3.8, 4) is 11.3 Å². The molecule has 3 atom stereocenters. The molecule has 1 amide bonds. The van der Waals surface area contributed by atoms with E-state index in [1.807, 2.05) is 26.0 Å². The van der Waals surface area contributed by atoms with Gasteiger partial charge in [0.1, 0.15) is 5.69 Å². The van der Waals surface area contributed by atoms with E-state index in [9.17, 15) is 18.0 Å². The van der Waals surface area contributed by atoms with Gasteiger partial charge in [0, 0.05) is 41.0 Å². The van der Waals surface area contributed by atoms with Gasteiger partial charge >= 0.3 is 6.18 Å². The zero-order chi connectivity index (χ0) is 25.4. The Bertz CT molecular complexity index is 1410. The highest BCUT2D eigenvalue weighted by atomic mass is 19.4. The van der Waals surface area contributed by atoms with Gasteiger partial charge in [-0.2, -0.15) is 18.3 Å². The van der Waals surface area contributed by atoms with Crippen LogP contribution in [0.25, 0.3) is 22.3 Å². The summed E-state index contributed by atoms with van der Waals surface area (Å²) >= 11 is 0. The van der Waals surface area contributed by atoms with Crippen molar-refractivity contribution in [3.63, 3.8) is 0 Å². The van der Waals surface area contributed by atoms with Crippen molar-refractivity contribution in [2.75, 3.05) is 0 Å². The van der Waals surface area contributed by atoms with Crippen LogP contribution in [0.4, 0.5) is 13.2 Å². The average molecular weight is 494 g/mol. The number of amides is 1. The van der Waals surface area contributed by atoms with Crippen LogP contribution in [0.15, 0.2) is 54.9 Å². The number of nitrogens with one attached hydrogen (secondary N) is 2. The van der Waals surface area contributed by atoms with E-state index in [1.54, 1.807) is 18.3 Å². The van der Waals surface area contributed by atoms with E-state index in [0.717, 1.165) is 23.7 Å². The molecule has 1 saturated carbocycles. The van der Waals surface area contributed by atoms with Gasteiger partial charge in [-0.05, 0) is 61.9 Å². The third kappa shape index (κ3) is 4.69. The standard InChI is InChI=1S/C27H26F3N5O/c1-15-7-8-23(20(11-15)19-5-3-4-6-22(19)27(28,29)30)33-26(36)18-13-21-24(34-35-25(21)32-14-18)17-9-10-31-16(2)12-17/h3-6,9-10,12-15,20,23H,7-8,11H2,1-2H3,(H,33,36)(H,32,34,35)/t15?,20-,23+/m1/s1. The Kier molecular flexibility index (Phi) is 6.24. The summed E-state index contributed by atoms with van der Waals surface area (Å²) in [5, 5.41) is 11.0. The van der Waals surface area contributed by atoms with Crippen LogP contribution in [-0.2, 0) is 6.18 Å². The fourth-order valence-corrected chi connectivity index (χ4v) is 5.17. The summed E-state index contributed by atoms with van der Waals surface area (Å²) in [5.74, 6) is -0.534. The van der Waals surface area contributed by atoms with Gasteiger partial charge in [0.05, 0.1) is 11.1 Å². The molecule has 9 heteroatoms. The topological polar surface area (TPSA) is 83.6 Å². The maximum atomic E-state index is 13.8. The number of hydrogen-bond acceptors (Lipinski definition) is 4. The lowest BCUT2D eigenvalue weighted by Gasteiger charge is -2.37. The number of H-pyrrole nitrogens is 1. The van der Waals surface area contributed by atoms with E-state index >= 15 is 0 Å². The molecular formula is C27H26F3N5O. The van der Waals surface area contributed by atoms with Crippen molar-refractivity contribution in [2.45, 2.75) is 51.2 Å². The molecule has 0 saturated heterocycles. The minimum absolute atomic E-state index is 0.237. The molecule has 0 aliphatic heterocycles. The number of aromatic amines is 1. The number of halogens is 3. The quantitative estimate of drug-likeness (QED) is 0.363. The van der Waals surface area contributed by atoms with Crippen molar-refractivity contribution in [1.29, 1.82) is 0 Å². The molecule has 1 aromatic carbocycles. The molecule has 3 heterocycles. The Morgan fingerprint density at radius 1 is 1.11 bits per heavy atom. The molecule has 36 heavy (non-hydrogen) atoms. The first-order valence-electron chi connectivity index (χ1n) is 11.9. The molecule has 4 aromatic rings. The molecule has 1 aliphatic rings. The molecule has 0 bridgehead atoms. The van der Waals surface area contributed by atoms with Crippen LogP contribution in [0.5, 0.6) is 0 Å². The first kappa shape index (κ1) is 24.0. The fourth-order valence-electron chi connectivity index (χ4n) is 5.17. The maximum absolute atomic E-state index is 13.8. The molecule has 6 nitrogen and oxygen atoms in total. The number of nitrogens with zero attached hydrogens (tertiary/aromatic N) is 3. The predicted molar refractivity (Wildman–Crippen MR) is 130 cm³/mol. The van der Waals surface area contributed by atoms with Gasteiger partial charge in [-0.1, -0.05) is 25.1 Å². The van der Waals surface area contributed by atoms with Gasteiger partial charge in [-0.15, -0.1) is 0 Å². The van der Waals surface area contributed by atoms with Crippen molar-refractivity contribution in [1.82, 2.24) is 25.5 Å².